The Labute approximate surface area is 73.3 Å². The number of hydrogen-bond donors (Lipinski definition) is 1. The first kappa shape index (κ1) is 9.49. The molecule has 1 saturated carbocycles. The monoisotopic (exact) mass is 204 g/mol. The summed E-state index contributed by atoms with van der Waals surface area (Å²) in [5.41, 5.74) is 0. The van der Waals surface area contributed by atoms with Gasteiger partial charge in [0, 0.05) is 0 Å². The molecule has 0 amide bonds. The molecule has 0 bridgehead atoms. The van der Waals surface area contributed by atoms with E-state index in [0.29, 0.717) is 0 Å². The van der Waals surface area contributed by atoms with Crippen molar-refractivity contribution in [3.8, 4) is 0 Å². The number of halogens is 4. The van der Waals surface area contributed by atoms with Gasteiger partial charge in [0.05, 0.1) is 0 Å². The van der Waals surface area contributed by atoms with Crippen LogP contribution in [0.15, 0.2) is 0 Å². The maximum Gasteiger partial charge on any atom is 0.213 e. The van der Waals surface area contributed by atoms with Gasteiger partial charge < -0.3 is 5.11 Å². The summed E-state index contributed by atoms with van der Waals surface area (Å²) in [6.07, 6.45) is -1.81. The minimum atomic E-state index is -2.41. The molecule has 0 aromatic rings. The van der Waals surface area contributed by atoms with Crippen LogP contribution in [-0.4, -0.2) is 21.5 Å². The van der Waals surface area contributed by atoms with Gasteiger partial charge in [-0.25, -0.2) is 8.78 Å². The SMILES string of the molecule is OC1[C@@](F)(Cl)CCC[C@]1(F)Cl. The minimum absolute atomic E-state index is 0.0614. The Kier molecular flexibility index (Phi) is 2.34. The zero-order chi connectivity index (χ0) is 8.70. The first-order valence-corrected chi connectivity index (χ1v) is 4.05. The number of aliphatic hydroxyl groups is 1. The Morgan fingerprint density at radius 3 is 1.82 bits per heavy atom. The van der Waals surface area contributed by atoms with Crippen molar-refractivity contribution in [2.24, 2.45) is 0 Å². The van der Waals surface area contributed by atoms with E-state index in [1.807, 2.05) is 0 Å². The molecule has 11 heavy (non-hydrogen) atoms. The van der Waals surface area contributed by atoms with E-state index in [1.165, 1.54) is 0 Å². The highest BCUT2D eigenvalue weighted by Gasteiger charge is 2.53. The van der Waals surface area contributed by atoms with Gasteiger partial charge in [-0.2, -0.15) is 0 Å². The predicted octanol–water partition coefficient (Wildman–Crippen LogP) is 2.34. The number of hydrogen-bond acceptors (Lipinski definition) is 1. The third-order valence-corrected chi connectivity index (χ3v) is 2.61. The topological polar surface area (TPSA) is 20.2 Å². The fraction of sp³-hybridized carbons (Fsp3) is 1.00. The molecule has 0 heterocycles. The van der Waals surface area contributed by atoms with E-state index in [4.69, 9.17) is 28.3 Å². The van der Waals surface area contributed by atoms with Gasteiger partial charge in [-0.3, -0.25) is 0 Å². The van der Waals surface area contributed by atoms with Crippen LogP contribution in [0.1, 0.15) is 19.3 Å². The number of alkyl halides is 4. The van der Waals surface area contributed by atoms with Crippen LogP contribution in [0.3, 0.4) is 0 Å². The Bertz CT molecular complexity index is 145. The Hall–Kier alpha value is 0.400. The van der Waals surface area contributed by atoms with Crippen molar-refractivity contribution in [1.82, 2.24) is 0 Å². The Morgan fingerprint density at radius 1 is 1.18 bits per heavy atom. The Morgan fingerprint density at radius 2 is 1.55 bits per heavy atom. The highest BCUT2D eigenvalue weighted by molar-refractivity contribution is 6.27. The summed E-state index contributed by atoms with van der Waals surface area (Å²) in [4.78, 5) is 0. The number of aliphatic hydroxyl groups excluding tert-OH is 1. The maximum absolute atomic E-state index is 13.0. The summed E-state index contributed by atoms with van der Waals surface area (Å²) in [5.74, 6) is 0. The average molecular weight is 205 g/mol. The zero-order valence-corrected chi connectivity index (χ0v) is 7.17. The summed E-state index contributed by atoms with van der Waals surface area (Å²) >= 11 is 10.3. The van der Waals surface area contributed by atoms with E-state index in [9.17, 15) is 8.78 Å². The van der Waals surface area contributed by atoms with Crippen molar-refractivity contribution in [3.05, 3.63) is 0 Å². The molecule has 0 unspecified atom stereocenters. The van der Waals surface area contributed by atoms with E-state index in [2.05, 4.69) is 0 Å². The second kappa shape index (κ2) is 2.71. The van der Waals surface area contributed by atoms with E-state index in [-0.39, 0.29) is 19.3 Å². The molecule has 1 nitrogen and oxygen atoms in total. The molecule has 1 aliphatic rings. The predicted molar refractivity (Wildman–Crippen MR) is 39.2 cm³/mol. The van der Waals surface area contributed by atoms with Gasteiger partial charge in [-0.1, -0.05) is 23.2 Å². The van der Waals surface area contributed by atoms with E-state index < -0.39 is 16.4 Å². The second-order valence-corrected chi connectivity index (χ2v) is 4.03. The van der Waals surface area contributed by atoms with E-state index in [1.54, 1.807) is 0 Å². The molecule has 1 rings (SSSR count). The highest BCUT2D eigenvalue weighted by Crippen LogP contribution is 2.45. The molecule has 5 heteroatoms. The maximum atomic E-state index is 13.0. The van der Waals surface area contributed by atoms with Crippen molar-refractivity contribution >= 4 is 23.2 Å². The molecule has 0 aromatic heterocycles. The van der Waals surface area contributed by atoms with Crippen molar-refractivity contribution in [1.29, 1.82) is 0 Å². The van der Waals surface area contributed by atoms with Crippen molar-refractivity contribution in [2.45, 2.75) is 35.6 Å². The molecule has 1 aliphatic carbocycles. The van der Waals surface area contributed by atoms with Gasteiger partial charge in [0.2, 0.25) is 10.3 Å². The van der Waals surface area contributed by atoms with Crippen molar-refractivity contribution in [3.63, 3.8) is 0 Å². The van der Waals surface area contributed by atoms with Crippen LogP contribution in [0.2, 0.25) is 0 Å². The van der Waals surface area contributed by atoms with Crippen LogP contribution in [0.5, 0.6) is 0 Å². The summed E-state index contributed by atoms with van der Waals surface area (Å²) < 4.78 is 25.9. The summed E-state index contributed by atoms with van der Waals surface area (Å²) in [5, 5.41) is 4.13. The van der Waals surface area contributed by atoms with Gasteiger partial charge >= 0.3 is 0 Å². The van der Waals surface area contributed by atoms with E-state index >= 15 is 0 Å². The normalized spacial score (nSPS) is 47.7. The molecule has 0 radical (unpaired) electrons. The minimum Gasteiger partial charge on any atom is -0.384 e. The van der Waals surface area contributed by atoms with Crippen molar-refractivity contribution < 1.29 is 13.9 Å². The van der Waals surface area contributed by atoms with Gasteiger partial charge in [-0.05, 0) is 19.3 Å². The van der Waals surface area contributed by atoms with Crippen LogP contribution in [0.4, 0.5) is 8.78 Å². The van der Waals surface area contributed by atoms with Crippen LogP contribution in [0.25, 0.3) is 0 Å². The Balaban J connectivity index is 2.76. The summed E-state index contributed by atoms with van der Waals surface area (Å²) in [7, 11) is 0. The molecule has 0 aromatic carbocycles. The molecule has 1 N–H and O–H groups in total. The average Bonchev–Trinajstić information content (AvgIpc) is 1.82. The lowest BCUT2D eigenvalue weighted by atomic mass is 9.93. The first-order chi connectivity index (χ1) is 4.86. The van der Waals surface area contributed by atoms with Crippen LogP contribution >= 0.6 is 23.2 Å². The molecule has 0 saturated heterocycles. The first-order valence-electron chi connectivity index (χ1n) is 3.30. The standard InChI is InChI=1S/C6H8Cl2F2O/c7-5(9)2-1-3-6(8,10)4(5)11/h4,11H,1-3H2/t5-,6-/m1/s1. The third-order valence-electron chi connectivity index (χ3n) is 1.82. The lowest BCUT2D eigenvalue weighted by molar-refractivity contribution is -0.0590. The van der Waals surface area contributed by atoms with Gasteiger partial charge in [-0.15, -0.1) is 0 Å². The highest BCUT2D eigenvalue weighted by atomic mass is 35.5. The molecule has 0 aliphatic heterocycles. The zero-order valence-electron chi connectivity index (χ0n) is 5.66. The fourth-order valence-corrected chi connectivity index (χ4v) is 1.81. The van der Waals surface area contributed by atoms with E-state index in [0.717, 1.165) is 0 Å². The third kappa shape index (κ3) is 1.76. The quantitative estimate of drug-likeness (QED) is 0.601. The van der Waals surface area contributed by atoms with Crippen LogP contribution < -0.4 is 0 Å². The lowest BCUT2D eigenvalue weighted by Crippen LogP contribution is -2.49. The van der Waals surface area contributed by atoms with Crippen LogP contribution in [-0.2, 0) is 0 Å². The van der Waals surface area contributed by atoms with Gasteiger partial charge in [0.25, 0.3) is 0 Å². The fourth-order valence-electron chi connectivity index (χ4n) is 1.14. The van der Waals surface area contributed by atoms with Crippen LogP contribution in [0, 0.1) is 0 Å². The largest absolute Gasteiger partial charge is 0.384 e. The summed E-state index contributed by atoms with van der Waals surface area (Å²) in [6, 6.07) is 0. The molecule has 0 spiro atoms. The molecule has 2 atom stereocenters. The lowest BCUT2D eigenvalue weighted by Gasteiger charge is -2.36. The van der Waals surface area contributed by atoms with Gasteiger partial charge in [0.1, 0.15) is 6.10 Å². The smallest absolute Gasteiger partial charge is 0.213 e. The molecular weight excluding hydrogens is 197 g/mol. The second-order valence-electron chi connectivity index (χ2n) is 2.78. The van der Waals surface area contributed by atoms with Gasteiger partial charge in [0.15, 0.2) is 0 Å². The molecule has 66 valence electrons. The molecule has 1 fully saturated rings. The van der Waals surface area contributed by atoms with Crippen molar-refractivity contribution in [2.75, 3.05) is 0 Å². The molecular formula is C6H8Cl2F2O. The summed E-state index contributed by atoms with van der Waals surface area (Å²) in [6.45, 7) is 0. The number of rotatable bonds is 0.